The van der Waals surface area contributed by atoms with E-state index in [1.54, 1.807) is 12.1 Å². The maximum absolute atomic E-state index is 11.6. The second kappa shape index (κ2) is 6.90. The van der Waals surface area contributed by atoms with Gasteiger partial charge in [-0.2, -0.15) is 0 Å². The predicted molar refractivity (Wildman–Crippen MR) is 87.3 cm³/mol. The molecule has 0 radical (unpaired) electrons. The number of ether oxygens (including phenoxy) is 1. The Morgan fingerprint density at radius 1 is 1.20 bits per heavy atom. The van der Waals surface area contributed by atoms with E-state index < -0.39 is 42.8 Å². The first-order chi connectivity index (χ1) is 11.9. The van der Waals surface area contributed by atoms with E-state index in [1.165, 1.54) is 12.1 Å². The zero-order valence-corrected chi connectivity index (χ0v) is 13.0. The summed E-state index contributed by atoms with van der Waals surface area (Å²) >= 11 is 0. The number of carbonyl (C=O) groups excluding carboxylic acids is 1. The zero-order chi connectivity index (χ0) is 18.1. The Morgan fingerprint density at radius 2 is 1.96 bits per heavy atom. The number of aromatic amines is 1. The van der Waals surface area contributed by atoms with E-state index in [2.05, 4.69) is 10.3 Å². The zero-order valence-electron chi connectivity index (χ0n) is 13.0. The maximum Gasteiger partial charge on any atom is 0.249 e. The summed E-state index contributed by atoms with van der Waals surface area (Å²) in [6, 6.07) is 4.87. The van der Waals surface area contributed by atoms with Crippen molar-refractivity contribution in [2.45, 2.75) is 30.6 Å². The molecule has 0 aliphatic carbocycles. The standard InChI is InChI=1S/C16H18N2O7/c19-5-7-3-12(21)18-10-4-8(1-2-9(7)10)17-13-15(23)14(22)11(6-20)25-16(13)24/h1-5,11,13-17,20,22-24H,6H2,(H,18,21)/t11?,13?,14-,15?,16?/m1/s1. The van der Waals surface area contributed by atoms with Crippen molar-refractivity contribution < 1.29 is 30.0 Å². The number of pyridine rings is 1. The van der Waals surface area contributed by atoms with Crippen LogP contribution in [0, 0.1) is 0 Å². The third-order valence-corrected chi connectivity index (χ3v) is 4.24. The highest BCUT2D eigenvalue weighted by molar-refractivity contribution is 5.97. The van der Waals surface area contributed by atoms with E-state index in [0.717, 1.165) is 0 Å². The minimum absolute atomic E-state index is 0.243. The third kappa shape index (κ3) is 3.28. The van der Waals surface area contributed by atoms with Gasteiger partial charge in [0.1, 0.15) is 24.4 Å². The summed E-state index contributed by atoms with van der Waals surface area (Å²) in [4.78, 5) is 25.2. The van der Waals surface area contributed by atoms with Crippen molar-refractivity contribution in [1.82, 2.24) is 4.98 Å². The molecule has 25 heavy (non-hydrogen) atoms. The molecule has 4 unspecified atom stereocenters. The quantitative estimate of drug-likeness (QED) is 0.366. The summed E-state index contributed by atoms with van der Waals surface area (Å²) in [5.74, 6) is 0. The smallest absolute Gasteiger partial charge is 0.249 e. The van der Waals surface area contributed by atoms with Gasteiger partial charge < -0.3 is 35.5 Å². The molecule has 2 aromatic rings. The summed E-state index contributed by atoms with van der Waals surface area (Å²) in [6.45, 7) is -0.548. The van der Waals surface area contributed by atoms with Gasteiger partial charge >= 0.3 is 0 Å². The largest absolute Gasteiger partial charge is 0.394 e. The number of hydrogen-bond donors (Lipinski definition) is 6. The van der Waals surface area contributed by atoms with Gasteiger partial charge in [0, 0.05) is 22.7 Å². The fourth-order valence-electron chi connectivity index (χ4n) is 2.92. The van der Waals surface area contributed by atoms with Crippen LogP contribution in [0.1, 0.15) is 10.4 Å². The van der Waals surface area contributed by atoms with Crippen LogP contribution in [0.2, 0.25) is 0 Å². The SMILES string of the molecule is O=Cc1cc(=O)[nH]c2cc(NC3C(O)OC(CO)[C@@H](O)C3O)ccc12. The van der Waals surface area contributed by atoms with Crippen LogP contribution in [0.4, 0.5) is 5.69 Å². The molecule has 0 spiro atoms. The van der Waals surface area contributed by atoms with Crippen LogP contribution in [0.25, 0.3) is 10.9 Å². The van der Waals surface area contributed by atoms with Gasteiger partial charge in [-0.15, -0.1) is 0 Å². The summed E-state index contributed by atoms with van der Waals surface area (Å²) < 4.78 is 5.07. The minimum Gasteiger partial charge on any atom is -0.394 e. The van der Waals surface area contributed by atoms with Crippen molar-refractivity contribution in [2.75, 3.05) is 11.9 Å². The van der Waals surface area contributed by atoms with Crippen LogP contribution < -0.4 is 10.9 Å². The number of nitrogens with one attached hydrogen (secondary N) is 2. The van der Waals surface area contributed by atoms with Gasteiger partial charge in [-0.25, -0.2) is 0 Å². The molecule has 3 rings (SSSR count). The molecule has 1 aliphatic rings. The second-order valence-electron chi connectivity index (χ2n) is 5.87. The Morgan fingerprint density at radius 3 is 2.64 bits per heavy atom. The van der Waals surface area contributed by atoms with Crippen LogP contribution in [-0.4, -0.2) is 68.9 Å². The van der Waals surface area contributed by atoms with Crippen molar-refractivity contribution in [3.8, 4) is 0 Å². The number of hydrogen-bond acceptors (Lipinski definition) is 8. The topological polar surface area (TPSA) is 152 Å². The average molecular weight is 350 g/mol. The molecule has 1 aliphatic heterocycles. The Kier molecular flexibility index (Phi) is 4.84. The molecule has 134 valence electrons. The number of rotatable bonds is 4. The van der Waals surface area contributed by atoms with Crippen LogP contribution in [0.15, 0.2) is 29.1 Å². The molecule has 0 bridgehead atoms. The number of fused-ring (bicyclic) bond motifs is 1. The highest BCUT2D eigenvalue weighted by Gasteiger charge is 2.43. The first-order valence-electron chi connectivity index (χ1n) is 7.64. The molecule has 9 nitrogen and oxygen atoms in total. The first kappa shape index (κ1) is 17.5. The normalized spacial score (nSPS) is 29.5. The fourth-order valence-corrected chi connectivity index (χ4v) is 2.92. The van der Waals surface area contributed by atoms with Gasteiger partial charge in [0.05, 0.1) is 12.1 Å². The number of aliphatic hydroxyl groups is 4. The van der Waals surface area contributed by atoms with Gasteiger partial charge in [0.2, 0.25) is 5.56 Å². The number of carbonyl (C=O) groups is 1. The highest BCUT2D eigenvalue weighted by Crippen LogP contribution is 2.25. The number of H-pyrrole nitrogens is 1. The fraction of sp³-hybridized carbons (Fsp3) is 0.375. The molecule has 0 saturated carbocycles. The molecule has 1 aromatic carbocycles. The van der Waals surface area contributed by atoms with Gasteiger partial charge in [-0.1, -0.05) is 6.07 Å². The lowest BCUT2D eigenvalue weighted by molar-refractivity contribution is -0.245. The highest BCUT2D eigenvalue weighted by atomic mass is 16.6. The summed E-state index contributed by atoms with van der Waals surface area (Å²) in [5, 5.41) is 42.5. The molecule has 9 heteroatoms. The number of aromatic nitrogens is 1. The number of aldehydes is 1. The molecular weight excluding hydrogens is 332 g/mol. The lowest BCUT2D eigenvalue weighted by Crippen LogP contribution is -2.61. The Labute approximate surface area is 141 Å². The van der Waals surface area contributed by atoms with E-state index in [4.69, 9.17) is 9.84 Å². The molecule has 2 heterocycles. The van der Waals surface area contributed by atoms with Crippen molar-refractivity contribution in [3.05, 3.63) is 40.2 Å². The summed E-state index contributed by atoms with van der Waals surface area (Å²) in [7, 11) is 0. The summed E-state index contributed by atoms with van der Waals surface area (Å²) in [6.07, 6.45) is -4.75. The maximum atomic E-state index is 11.6. The molecular formula is C16H18N2O7. The minimum atomic E-state index is -1.47. The number of aliphatic hydroxyl groups excluding tert-OH is 4. The van der Waals surface area contributed by atoms with Gasteiger partial charge in [-0.05, 0) is 12.1 Å². The van der Waals surface area contributed by atoms with E-state index in [1.807, 2.05) is 0 Å². The number of benzene rings is 1. The lowest BCUT2D eigenvalue weighted by Gasteiger charge is -2.40. The van der Waals surface area contributed by atoms with E-state index in [0.29, 0.717) is 22.9 Å². The van der Waals surface area contributed by atoms with Crippen molar-refractivity contribution >= 4 is 22.9 Å². The molecule has 1 saturated heterocycles. The van der Waals surface area contributed by atoms with Crippen LogP contribution in [0.5, 0.6) is 0 Å². The van der Waals surface area contributed by atoms with E-state index in [-0.39, 0.29) is 5.56 Å². The van der Waals surface area contributed by atoms with Crippen LogP contribution >= 0.6 is 0 Å². The molecule has 5 atom stereocenters. The molecule has 0 amide bonds. The van der Waals surface area contributed by atoms with E-state index in [9.17, 15) is 24.9 Å². The van der Waals surface area contributed by atoms with E-state index >= 15 is 0 Å². The Hall–Kier alpha value is -2.30. The predicted octanol–water partition coefficient (Wildman–Crippen LogP) is -1.45. The lowest BCUT2D eigenvalue weighted by atomic mass is 9.96. The average Bonchev–Trinajstić information content (AvgIpc) is 2.60. The monoisotopic (exact) mass is 350 g/mol. The third-order valence-electron chi connectivity index (χ3n) is 4.24. The summed E-state index contributed by atoms with van der Waals surface area (Å²) in [5.41, 5.74) is 0.628. The molecule has 1 aromatic heterocycles. The van der Waals surface area contributed by atoms with Crippen LogP contribution in [-0.2, 0) is 4.74 Å². The van der Waals surface area contributed by atoms with Crippen LogP contribution in [0.3, 0.4) is 0 Å². The first-order valence-corrected chi connectivity index (χ1v) is 7.64. The molecule has 6 N–H and O–H groups in total. The second-order valence-corrected chi connectivity index (χ2v) is 5.87. The Bertz CT molecular complexity index is 837. The van der Waals surface area contributed by atoms with Crippen molar-refractivity contribution in [2.24, 2.45) is 0 Å². The van der Waals surface area contributed by atoms with Crippen molar-refractivity contribution in [3.63, 3.8) is 0 Å². The van der Waals surface area contributed by atoms with Gasteiger partial charge in [0.25, 0.3) is 0 Å². The van der Waals surface area contributed by atoms with Gasteiger partial charge in [-0.3, -0.25) is 9.59 Å². The van der Waals surface area contributed by atoms with Crippen molar-refractivity contribution in [1.29, 1.82) is 0 Å². The molecule has 1 fully saturated rings. The van der Waals surface area contributed by atoms with Gasteiger partial charge in [0.15, 0.2) is 12.6 Å². The Balaban J connectivity index is 1.90. The number of anilines is 1.